The van der Waals surface area contributed by atoms with Crippen molar-refractivity contribution in [3.63, 3.8) is 0 Å². The van der Waals surface area contributed by atoms with Crippen LogP contribution in [-0.4, -0.2) is 46.0 Å². The lowest BCUT2D eigenvalue weighted by molar-refractivity contribution is -0.116. The lowest BCUT2D eigenvalue weighted by atomic mass is 10.1. The van der Waals surface area contributed by atoms with Gasteiger partial charge in [0, 0.05) is 30.0 Å². The highest BCUT2D eigenvalue weighted by Crippen LogP contribution is 2.23. The van der Waals surface area contributed by atoms with Gasteiger partial charge in [-0.25, -0.2) is 0 Å². The van der Waals surface area contributed by atoms with Gasteiger partial charge in [-0.05, 0) is 63.3 Å². The summed E-state index contributed by atoms with van der Waals surface area (Å²) in [6.45, 7) is 7.99. The minimum atomic E-state index is -0.159. The van der Waals surface area contributed by atoms with Crippen LogP contribution in [0.3, 0.4) is 0 Å². The first-order valence-corrected chi connectivity index (χ1v) is 10.8. The maximum atomic E-state index is 12.7. The Morgan fingerprint density at radius 1 is 1.19 bits per heavy atom. The van der Waals surface area contributed by atoms with Crippen LogP contribution in [-0.2, 0) is 16.1 Å². The van der Waals surface area contributed by atoms with E-state index in [1.807, 2.05) is 55.5 Å². The Morgan fingerprint density at radius 3 is 2.58 bits per heavy atom. The molecule has 3 aromatic rings. The highest BCUT2D eigenvalue weighted by molar-refractivity contribution is 7.71. The third kappa shape index (κ3) is 5.03. The second kappa shape index (κ2) is 9.03. The van der Waals surface area contributed by atoms with Crippen molar-refractivity contribution in [2.24, 2.45) is 0 Å². The van der Waals surface area contributed by atoms with Crippen LogP contribution >= 0.6 is 12.2 Å². The molecule has 4 rings (SSSR count). The molecule has 1 saturated heterocycles. The van der Waals surface area contributed by atoms with Crippen LogP contribution in [0, 0.1) is 11.7 Å². The number of morpholine rings is 1. The predicted molar refractivity (Wildman–Crippen MR) is 125 cm³/mol. The number of amides is 1. The van der Waals surface area contributed by atoms with Gasteiger partial charge in [0.25, 0.3) is 0 Å². The van der Waals surface area contributed by atoms with Gasteiger partial charge >= 0.3 is 0 Å². The lowest BCUT2D eigenvalue weighted by Gasteiger charge is -2.36. The highest BCUT2D eigenvalue weighted by atomic mass is 32.1. The summed E-state index contributed by atoms with van der Waals surface area (Å²) >= 11 is 5.35. The van der Waals surface area contributed by atoms with Crippen molar-refractivity contribution in [3.05, 3.63) is 58.9 Å². The first-order chi connectivity index (χ1) is 14.9. The summed E-state index contributed by atoms with van der Waals surface area (Å²) in [5.41, 5.74) is 3.90. The molecule has 2 heterocycles. The average Bonchev–Trinajstić information content (AvgIpc) is 3.08. The van der Waals surface area contributed by atoms with Crippen molar-refractivity contribution in [1.82, 2.24) is 14.8 Å². The third-order valence-corrected chi connectivity index (χ3v) is 5.58. The van der Waals surface area contributed by atoms with Gasteiger partial charge in [-0.15, -0.1) is 0 Å². The molecule has 0 radical (unpaired) electrons. The third-order valence-electron chi connectivity index (χ3n) is 5.27. The smallest absolute Gasteiger partial charge is 0.244 e. The summed E-state index contributed by atoms with van der Waals surface area (Å²) in [7, 11) is 0. The number of aromatic amines is 1. The Bertz CT molecular complexity index is 1110. The molecule has 1 amide bonds. The second-order valence-electron chi connectivity index (χ2n) is 8.07. The summed E-state index contributed by atoms with van der Waals surface area (Å²) in [6.07, 6.45) is 0.399. The zero-order chi connectivity index (χ0) is 22.0. The molecule has 0 aliphatic carbocycles. The number of nitrogens with one attached hydrogen (secondary N) is 2. The first-order valence-electron chi connectivity index (χ1n) is 10.4. The number of aryl methyl sites for hydroxylation is 1. The van der Waals surface area contributed by atoms with Crippen molar-refractivity contribution < 1.29 is 9.53 Å². The molecule has 1 aromatic heterocycles. The van der Waals surface area contributed by atoms with E-state index in [4.69, 9.17) is 17.0 Å². The van der Waals surface area contributed by atoms with Crippen molar-refractivity contribution in [2.45, 2.75) is 39.5 Å². The number of benzene rings is 2. The van der Waals surface area contributed by atoms with Crippen molar-refractivity contribution in [3.8, 4) is 11.4 Å². The van der Waals surface area contributed by atoms with Crippen molar-refractivity contribution in [1.29, 1.82) is 0 Å². The number of carbonyl (C=O) groups excluding carboxylic acids is 1. The standard InChI is InChI=1S/C23H27N5O2S/c1-15-5-4-6-18(11-15)22-25-26-23(31)28(22)14-21(29)24-19-7-9-20(10-8-19)27-12-16(2)30-17(3)13-27/h4-11,16-17H,12-14H2,1-3H3,(H,24,29)(H,26,31). The van der Waals surface area contributed by atoms with Gasteiger partial charge in [0.05, 0.1) is 12.2 Å². The Hall–Kier alpha value is -2.97. The van der Waals surface area contributed by atoms with E-state index >= 15 is 0 Å². The number of carbonyl (C=O) groups is 1. The largest absolute Gasteiger partial charge is 0.372 e. The average molecular weight is 438 g/mol. The molecule has 0 saturated carbocycles. The van der Waals surface area contributed by atoms with Crippen LogP contribution in [0.1, 0.15) is 19.4 Å². The number of hydrogen-bond acceptors (Lipinski definition) is 5. The predicted octanol–water partition coefficient (Wildman–Crippen LogP) is 4.17. The molecule has 0 bridgehead atoms. The molecule has 7 nitrogen and oxygen atoms in total. The maximum absolute atomic E-state index is 12.7. The van der Waals surface area contributed by atoms with Crippen LogP contribution in [0.25, 0.3) is 11.4 Å². The Kier molecular flexibility index (Phi) is 6.20. The zero-order valence-electron chi connectivity index (χ0n) is 18.0. The molecule has 2 aromatic carbocycles. The van der Waals surface area contributed by atoms with Crippen LogP contribution in [0.4, 0.5) is 11.4 Å². The van der Waals surface area contributed by atoms with E-state index in [-0.39, 0.29) is 24.7 Å². The van der Waals surface area contributed by atoms with E-state index in [1.54, 1.807) is 4.57 Å². The van der Waals surface area contributed by atoms with Gasteiger partial charge in [0.15, 0.2) is 10.6 Å². The Balaban J connectivity index is 1.44. The summed E-state index contributed by atoms with van der Waals surface area (Å²) in [5.74, 6) is 0.488. The quantitative estimate of drug-likeness (QED) is 0.586. The van der Waals surface area contributed by atoms with Gasteiger partial charge in [-0.1, -0.05) is 23.8 Å². The number of nitrogens with zero attached hydrogens (tertiary/aromatic N) is 3. The lowest BCUT2D eigenvalue weighted by Crippen LogP contribution is -2.45. The van der Waals surface area contributed by atoms with Crippen LogP contribution in [0.15, 0.2) is 48.5 Å². The molecule has 0 spiro atoms. The van der Waals surface area contributed by atoms with Crippen molar-refractivity contribution in [2.75, 3.05) is 23.3 Å². The molecular formula is C23H27N5O2S. The van der Waals surface area contributed by atoms with Crippen LogP contribution in [0.5, 0.6) is 0 Å². The molecule has 2 atom stereocenters. The molecule has 1 aliphatic rings. The van der Waals surface area contributed by atoms with E-state index in [2.05, 4.69) is 34.3 Å². The summed E-state index contributed by atoms with van der Waals surface area (Å²) < 4.78 is 7.93. The number of ether oxygens (including phenoxy) is 1. The molecule has 31 heavy (non-hydrogen) atoms. The fourth-order valence-electron chi connectivity index (χ4n) is 3.96. The Labute approximate surface area is 187 Å². The maximum Gasteiger partial charge on any atom is 0.244 e. The molecule has 2 unspecified atom stereocenters. The number of H-pyrrole nitrogens is 1. The van der Waals surface area contributed by atoms with E-state index in [9.17, 15) is 4.79 Å². The van der Waals surface area contributed by atoms with Crippen LogP contribution < -0.4 is 10.2 Å². The number of anilines is 2. The molecule has 1 aliphatic heterocycles. The molecule has 162 valence electrons. The fraction of sp³-hybridized carbons (Fsp3) is 0.348. The minimum Gasteiger partial charge on any atom is -0.372 e. The van der Waals surface area contributed by atoms with Crippen molar-refractivity contribution >= 4 is 29.5 Å². The molecular weight excluding hydrogens is 410 g/mol. The number of aromatic nitrogens is 3. The summed E-state index contributed by atoms with van der Waals surface area (Å²) in [6, 6.07) is 15.9. The normalized spacial score (nSPS) is 18.7. The van der Waals surface area contributed by atoms with E-state index in [0.29, 0.717) is 10.6 Å². The highest BCUT2D eigenvalue weighted by Gasteiger charge is 2.22. The SMILES string of the molecule is Cc1cccc(-c2n[nH]c(=S)n2CC(=O)Nc2ccc(N3CC(C)OC(C)C3)cc2)c1. The minimum absolute atomic E-state index is 0.0822. The van der Waals surface area contributed by atoms with E-state index in [1.165, 1.54) is 0 Å². The number of rotatable bonds is 5. The van der Waals surface area contributed by atoms with Gasteiger partial charge < -0.3 is 15.0 Å². The zero-order valence-corrected chi connectivity index (χ0v) is 18.8. The summed E-state index contributed by atoms with van der Waals surface area (Å²) in [4.78, 5) is 15.0. The molecule has 2 N–H and O–H groups in total. The summed E-state index contributed by atoms with van der Waals surface area (Å²) in [5, 5.41) is 10.1. The molecule has 1 fully saturated rings. The van der Waals surface area contributed by atoms with Gasteiger partial charge in [-0.3, -0.25) is 14.5 Å². The van der Waals surface area contributed by atoms with Gasteiger partial charge in [0.1, 0.15) is 6.54 Å². The van der Waals surface area contributed by atoms with Crippen LogP contribution in [0.2, 0.25) is 0 Å². The first kappa shape index (κ1) is 21.3. The fourth-order valence-corrected chi connectivity index (χ4v) is 4.15. The molecule has 8 heteroatoms. The Morgan fingerprint density at radius 2 is 1.90 bits per heavy atom. The van der Waals surface area contributed by atoms with E-state index < -0.39 is 0 Å². The topological polar surface area (TPSA) is 75.2 Å². The van der Waals surface area contributed by atoms with E-state index in [0.717, 1.165) is 35.6 Å². The second-order valence-corrected chi connectivity index (χ2v) is 8.45. The van der Waals surface area contributed by atoms with Gasteiger partial charge in [-0.2, -0.15) is 5.10 Å². The number of hydrogen-bond donors (Lipinski definition) is 2. The monoisotopic (exact) mass is 437 g/mol. The van der Waals surface area contributed by atoms with Gasteiger partial charge in [0.2, 0.25) is 5.91 Å².